The molecule has 0 radical (unpaired) electrons. The molecule has 2 unspecified atom stereocenters. The van der Waals surface area contributed by atoms with Crippen LogP contribution < -0.4 is 10.6 Å². The van der Waals surface area contributed by atoms with E-state index in [0.29, 0.717) is 25.8 Å². The summed E-state index contributed by atoms with van der Waals surface area (Å²) >= 11 is 0. The van der Waals surface area contributed by atoms with E-state index in [0.717, 1.165) is 11.1 Å². The van der Waals surface area contributed by atoms with Crippen LogP contribution in [0.5, 0.6) is 11.5 Å². The van der Waals surface area contributed by atoms with Crippen LogP contribution in [-0.2, 0) is 32.0 Å². The monoisotopic (exact) mass is 570 g/mol. The van der Waals surface area contributed by atoms with Crippen LogP contribution in [-0.4, -0.2) is 58.9 Å². The third-order valence-electron chi connectivity index (χ3n) is 7.43. The summed E-state index contributed by atoms with van der Waals surface area (Å²) in [5, 5.41) is 34.2. The molecule has 0 fully saturated rings. The van der Waals surface area contributed by atoms with Crippen molar-refractivity contribution >= 4 is 17.8 Å². The van der Waals surface area contributed by atoms with Crippen LogP contribution in [0.25, 0.3) is 0 Å². The van der Waals surface area contributed by atoms with Crippen molar-refractivity contribution in [2.45, 2.75) is 72.8 Å². The Hall–Kier alpha value is -3.59. The molecule has 0 bridgehead atoms. The number of aliphatic hydroxyl groups excluding tert-OH is 1. The second kappa shape index (κ2) is 15.4. The predicted octanol–water partition coefficient (Wildman–Crippen LogP) is 3.88. The van der Waals surface area contributed by atoms with Crippen LogP contribution in [0.2, 0.25) is 0 Å². The summed E-state index contributed by atoms with van der Waals surface area (Å²) < 4.78 is 5.30. The second-order valence-corrected chi connectivity index (χ2v) is 11.7. The number of nitrogens with one attached hydrogen (secondary N) is 2. The number of esters is 1. The van der Waals surface area contributed by atoms with E-state index < -0.39 is 22.8 Å². The Morgan fingerprint density at radius 2 is 1.46 bits per heavy atom. The highest BCUT2D eigenvalue weighted by atomic mass is 16.5. The number of aromatic hydroxyl groups is 2. The van der Waals surface area contributed by atoms with Gasteiger partial charge in [-0.3, -0.25) is 14.4 Å². The normalized spacial score (nSPS) is 14.9. The largest absolute Gasteiger partial charge is 0.508 e. The molecule has 9 heteroatoms. The number of carbonyl (C=O) groups excluding carboxylic acids is 3. The number of amides is 2. The number of aliphatic hydroxyl groups is 1. The number of phenols is 2. The lowest BCUT2D eigenvalue weighted by molar-refractivity contribution is -0.160. The molecular formula is C32H46N2O7. The predicted molar refractivity (Wildman–Crippen MR) is 157 cm³/mol. The lowest BCUT2D eigenvalue weighted by Gasteiger charge is -2.38. The van der Waals surface area contributed by atoms with E-state index in [1.165, 1.54) is 12.1 Å². The Labute approximate surface area is 243 Å². The molecule has 2 rings (SSSR count). The number of phenolic OH excluding ortho intramolecular Hbond substituents is 2. The number of ether oxygens (including phenoxy) is 1. The molecule has 0 spiro atoms. The second-order valence-electron chi connectivity index (χ2n) is 11.7. The van der Waals surface area contributed by atoms with E-state index in [1.54, 1.807) is 50.2 Å². The molecule has 0 aliphatic carbocycles. The molecule has 41 heavy (non-hydrogen) atoms. The summed E-state index contributed by atoms with van der Waals surface area (Å²) in [4.78, 5) is 40.3. The zero-order chi connectivity index (χ0) is 30.6. The fourth-order valence-corrected chi connectivity index (χ4v) is 5.19. The molecule has 0 aliphatic rings. The van der Waals surface area contributed by atoms with Crippen molar-refractivity contribution in [3.8, 4) is 11.5 Å². The van der Waals surface area contributed by atoms with E-state index in [-0.39, 0.29) is 55.3 Å². The number of benzene rings is 2. The molecule has 5 N–H and O–H groups in total. The molecule has 0 saturated carbocycles. The standard InChI is InChI=1S/C32H46N2O7/c1-6-31(4,21-32(5,20-22(2)3)30(40)41-18-17-35)29(39)34-27(19-24-9-13-26(37)14-10-24)28(38)33-16-15-23-7-11-25(36)12-8-23/h7-14,22,27,35-37H,6,15-21H2,1-5H3,(H,33,38)(H,34,39)/t27-,31?,32?/m0/s1. The lowest BCUT2D eigenvalue weighted by Crippen LogP contribution is -2.53. The lowest BCUT2D eigenvalue weighted by atomic mass is 9.67. The summed E-state index contributed by atoms with van der Waals surface area (Å²) in [7, 11) is 0. The highest BCUT2D eigenvalue weighted by Crippen LogP contribution is 2.42. The number of rotatable bonds is 16. The Kier molecular flexibility index (Phi) is 12.6. The Balaban J connectivity index is 2.24. The van der Waals surface area contributed by atoms with Crippen molar-refractivity contribution in [2.75, 3.05) is 19.8 Å². The van der Waals surface area contributed by atoms with Crippen LogP contribution in [0, 0.1) is 16.7 Å². The summed E-state index contributed by atoms with van der Waals surface area (Å²) in [6.45, 7) is 9.39. The van der Waals surface area contributed by atoms with Gasteiger partial charge in [0, 0.05) is 18.4 Å². The molecule has 0 heterocycles. The van der Waals surface area contributed by atoms with Gasteiger partial charge in [0.05, 0.1) is 12.0 Å². The first-order valence-electron chi connectivity index (χ1n) is 14.2. The molecule has 2 aromatic carbocycles. The van der Waals surface area contributed by atoms with E-state index in [9.17, 15) is 24.6 Å². The van der Waals surface area contributed by atoms with Gasteiger partial charge in [-0.05, 0) is 73.9 Å². The first-order valence-corrected chi connectivity index (χ1v) is 14.2. The molecule has 0 saturated heterocycles. The van der Waals surface area contributed by atoms with Crippen molar-refractivity contribution in [1.29, 1.82) is 0 Å². The van der Waals surface area contributed by atoms with Crippen LogP contribution >= 0.6 is 0 Å². The van der Waals surface area contributed by atoms with Gasteiger partial charge in [0.15, 0.2) is 0 Å². The fourth-order valence-electron chi connectivity index (χ4n) is 5.19. The SMILES string of the molecule is CCC(C)(CC(C)(CC(C)C)C(=O)OCCO)C(=O)N[C@@H](Cc1ccc(O)cc1)C(=O)NCCc1ccc(O)cc1. The van der Waals surface area contributed by atoms with E-state index >= 15 is 0 Å². The zero-order valence-corrected chi connectivity index (χ0v) is 24.9. The maximum Gasteiger partial charge on any atom is 0.311 e. The minimum absolute atomic E-state index is 0.101. The molecular weight excluding hydrogens is 524 g/mol. The van der Waals surface area contributed by atoms with Gasteiger partial charge in [0.1, 0.15) is 24.1 Å². The van der Waals surface area contributed by atoms with Crippen LogP contribution in [0.15, 0.2) is 48.5 Å². The van der Waals surface area contributed by atoms with Crippen molar-refractivity contribution in [2.24, 2.45) is 16.7 Å². The minimum Gasteiger partial charge on any atom is -0.508 e. The van der Waals surface area contributed by atoms with Crippen LogP contribution in [0.3, 0.4) is 0 Å². The third-order valence-corrected chi connectivity index (χ3v) is 7.43. The molecule has 226 valence electrons. The highest BCUT2D eigenvalue weighted by molar-refractivity contribution is 5.90. The van der Waals surface area contributed by atoms with Crippen molar-refractivity contribution in [3.05, 3.63) is 59.7 Å². The zero-order valence-electron chi connectivity index (χ0n) is 24.9. The summed E-state index contributed by atoms with van der Waals surface area (Å²) in [5.74, 6) is -0.727. The number of carbonyl (C=O) groups is 3. The van der Waals surface area contributed by atoms with Crippen LogP contribution in [0.1, 0.15) is 65.0 Å². The molecule has 3 atom stereocenters. The molecule has 0 aromatic heterocycles. The molecule has 0 aliphatic heterocycles. The van der Waals surface area contributed by atoms with E-state index in [2.05, 4.69) is 10.6 Å². The average Bonchev–Trinajstić information content (AvgIpc) is 2.92. The smallest absolute Gasteiger partial charge is 0.311 e. The number of hydrogen-bond donors (Lipinski definition) is 5. The Morgan fingerprint density at radius 3 is 1.98 bits per heavy atom. The summed E-state index contributed by atoms with van der Waals surface area (Å²) in [6.07, 6.45) is 1.88. The average molecular weight is 571 g/mol. The highest BCUT2D eigenvalue weighted by Gasteiger charge is 2.45. The van der Waals surface area contributed by atoms with E-state index in [4.69, 9.17) is 9.84 Å². The quantitative estimate of drug-likeness (QED) is 0.193. The fraction of sp³-hybridized carbons (Fsp3) is 0.531. The van der Waals surface area contributed by atoms with Gasteiger partial charge in [0.25, 0.3) is 0 Å². The van der Waals surface area contributed by atoms with Crippen molar-refractivity contribution < 1.29 is 34.4 Å². The molecule has 9 nitrogen and oxygen atoms in total. The molecule has 2 aromatic rings. The van der Waals surface area contributed by atoms with Gasteiger partial charge in [0.2, 0.25) is 11.8 Å². The van der Waals surface area contributed by atoms with Crippen molar-refractivity contribution in [1.82, 2.24) is 10.6 Å². The van der Waals surface area contributed by atoms with Gasteiger partial charge < -0.3 is 30.7 Å². The van der Waals surface area contributed by atoms with Gasteiger partial charge >= 0.3 is 5.97 Å². The topological polar surface area (TPSA) is 145 Å². The maximum atomic E-state index is 13.8. The molecule has 2 amide bonds. The first kappa shape index (κ1) is 33.6. The van der Waals surface area contributed by atoms with Gasteiger partial charge in [-0.1, -0.05) is 52.0 Å². The number of hydrogen-bond acceptors (Lipinski definition) is 7. The van der Waals surface area contributed by atoms with Crippen LogP contribution in [0.4, 0.5) is 0 Å². The summed E-state index contributed by atoms with van der Waals surface area (Å²) in [5.41, 5.74) is -0.249. The van der Waals surface area contributed by atoms with Gasteiger partial charge in [-0.15, -0.1) is 0 Å². The van der Waals surface area contributed by atoms with Gasteiger partial charge in [-0.25, -0.2) is 0 Å². The van der Waals surface area contributed by atoms with Crippen molar-refractivity contribution in [3.63, 3.8) is 0 Å². The minimum atomic E-state index is -0.985. The maximum absolute atomic E-state index is 13.8. The Bertz CT molecular complexity index is 1130. The third kappa shape index (κ3) is 10.4. The first-order chi connectivity index (χ1) is 19.3. The van der Waals surface area contributed by atoms with Gasteiger partial charge in [-0.2, -0.15) is 0 Å². The summed E-state index contributed by atoms with van der Waals surface area (Å²) in [6, 6.07) is 12.3. The van der Waals surface area contributed by atoms with E-state index in [1.807, 2.05) is 20.8 Å². The Morgan fingerprint density at radius 1 is 0.902 bits per heavy atom.